The van der Waals surface area contributed by atoms with Crippen LogP contribution in [0.15, 0.2) is 73.1 Å². The summed E-state index contributed by atoms with van der Waals surface area (Å²) in [6.07, 6.45) is 3.40. The quantitative estimate of drug-likeness (QED) is 0.758. The van der Waals surface area contributed by atoms with Gasteiger partial charge in [0.05, 0.1) is 5.25 Å². The zero-order valence-electron chi connectivity index (χ0n) is 14.1. The topological polar surface area (TPSA) is 59.1 Å². The summed E-state index contributed by atoms with van der Waals surface area (Å²) in [6.45, 7) is 0.391. The van der Waals surface area contributed by atoms with E-state index in [4.69, 9.17) is 0 Å². The van der Waals surface area contributed by atoms with Crippen molar-refractivity contribution in [1.29, 1.82) is 0 Å². The van der Waals surface area contributed by atoms with Crippen molar-refractivity contribution >= 4 is 16.7 Å². The Morgan fingerprint density at radius 2 is 1.62 bits per heavy atom. The number of carbonyl (C=O) groups excluding carboxylic acids is 1. The lowest BCUT2D eigenvalue weighted by atomic mass is 10.1. The third kappa shape index (κ3) is 3.18. The lowest BCUT2D eigenvalue weighted by Crippen LogP contribution is -2.29. The summed E-state index contributed by atoms with van der Waals surface area (Å²) in [5.74, 6) is -0.234. The average molecular weight is 362 g/mol. The highest BCUT2D eigenvalue weighted by molar-refractivity contribution is 7.86. The van der Waals surface area contributed by atoms with Crippen LogP contribution in [0.3, 0.4) is 0 Å². The van der Waals surface area contributed by atoms with Crippen LogP contribution in [0.25, 0.3) is 11.1 Å². The first-order valence-corrected chi connectivity index (χ1v) is 9.83. The van der Waals surface area contributed by atoms with Crippen LogP contribution in [0.5, 0.6) is 0 Å². The van der Waals surface area contributed by atoms with Gasteiger partial charge in [0.25, 0.3) is 0 Å². The van der Waals surface area contributed by atoms with Gasteiger partial charge in [-0.05, 0) is 33.9 Å². The van der Waals surface area contributed by atoms with Gasteiger partial charge in [0.1, 0.15) is 5.75 Å². The third-order valence-electron chi connectivity index (χ3n) is 4.53. The second kappa shape index (κ2) is 7.22. The Kier molecular flexibility index (Phi) is 4.63. The predicted octanol–water partition coefficient (Wildman–Crippen LogP) is 3.22. The van der Waals surface area contributed by atoms with Crippen LogP contribution < -0.4 is 5.32 Å². The molecule has 3 aromatic rings. The molecule has 5 heteroatoms. The Hall–Kier alpha value is -2.79. The number of rotatable bonds is 5. The smallest absolute Gasteiger partial charge is 0.232 e. The molecule has 0 aliphatic heterocycles. The van der Waals surface area contributed by atoms with Crippen LogP contribution in [-0.4, -0.2) is 20.9 Å². The summed E-state index contributed by atoms with van der Waals surface area (Å²) in [6, 6.07) is 19.7. The molecule has 130 valence electrons. The maximum Gasteiger partial charge on any atom is 0.232 e. The predicted molar refractivity (Wildman–Crippen MR) is 103 cm³/mol. The van der Waals surface area contributed by atoms with Gasteiger partial charge in [-0.3, -0.25) is 14.0 Å². The number of nitrogens with zero attached hydrogens (tertiary/aromatic N) is 1. The number of hydrogen-bond acceptors (Lipinski definition) is 3. The molecule has 26 heavy (non-hydrogen) atoms. The van der Waals surface area contributed by atoms with E-state index in [0.29, 0.717) is 6.54 Å². The maximum atomic E-state index is 13.0. The van der Waals surface area contributed by atoms with Gasteiger partial charge in [0, 0.05) is 29.7 Å². The van der Waals surface area contributed by atoms with Crippen LogP contribution in [0.4, 0.5) is 0 Å². The van der Waals surface area contributed by atoms with Gasteiger partial charge in [0.2, 0.25) is 5.91 Å². The fraction of sp³-hybridized carbons (Fsp3) is 0.143. The van der Waals surface area contributed by atoms with Crippen LogP contribution >= 0.6 is 0 Å². The van der Waals surface area contributed by atoms with E-state index in [0.717, 1.165) is 27.8 Å². The largest absolute Gasteiger partial charge is 0.351 e. The highest BCUT2D eigenvalue weighted by atomic mass is 32.2. The van der Waals surface area contributed by atoms with E-state index in [2.05, 4.69) is 10.3 Å². The van der Waals surface area contributed by atoms with Crippen molar-refractivity contribution in [3.8, 4) is 11.1 Å². The van der Waals surface area contributed by atoms with Gasteiger partial charge in [-0.2, -0.15) is 0 Å². The molecule has 1 atom stereocenters. The van der Waals surface area contributed by atoms with Gasteiger partial charge in [-0.25, -0.2) is 0 Å². The molecular formula is C21H18N2O2S. The van der Waals surface area contributed by atoms with Crippen molar-refractivity contribution in [3.63, 3.8) is 0 Å². The molecule has 0 spiro atoms. The minimum absolute atomic E-state index is 0.0202. The molecule has 1 N–H and O–H groups in total. The Morgan fingerprint density at radius 1 is 0.962 bits per heavy atom. The average Bonchev–Trinajstić information content (AvgIpc) is 3.02. The molecule has 2 aromatic carbocycles. The summed E-state index contributed by atoms with van der Waals surface area (Å²) in [5, 5.41) is 2.57. The summed E-state index contributed by atoms with van der Waals surface area (Å²) in [5.41, 5.74) is 5.21. The number of benzene rings is 2. The molecule has 0 radical (unpaired) electrons. The zero-order valence-corrected chi connectivity index (χ0v) is 14.9. The molecule has 0 saturated heterocycles. The van der Waals surface area contributed by atoms with Crippen LogP contribution in [-0.2, 0) is 22.1 Å². The number of pyridine rings is 1. The van der Waals surface area contributed by atoms with Crippen molar-refractivity contribution in [2.75, 3.05) is 5.75 Å². The summed E-state index contributed by atoms with van der Waals surface area (Å²) < 4.78 is 13.0. The fourth-order valence-corrected chi connectivity index (χ4v) is 4.86. The molecule has 4 rings (SSSR count). The number of aromatic nitrogens is 1. The van der Waals surface area contributed by atoms with Gasteiger partial charge in [0.15, 0.2) is 0 Å². The van der Waals surface area contributed by atoms with Crippen molar-refractivity contribution in [3.05, 3.63) is 89.7 Å². The van der Waals surface area contributed by atoms with Crippen LogP contribution in [0, 0.1) is 0 Å². The SMILES string of the molecule is O=C(CS(=O)C1c2ccccc2-c2ccccc21)NCc1cccnc1. The van der Waals surface area contributed by atoms with E-state index in [1.165, 1.54) is 0 Å². The number of hydrogen-bond donors (Lipinski definition) is 1. The highest BCUT2D eigenvalue weighted by Crippen LogP contribution is 2.46. The minimum Gasteiger partial charge on any atom is -0.351 e. The van der Waals surface area contributed by atoms with E-state index in [9.17, 15) is 9.00 Å². The lowest BCUT2D eigenvalue weighted by Gasteiger charge is -2.13. The van der Waals surface area contributed by atoms with Gasteiger partial charge >= 0.3 is 0 Å². The molecule has 1 unspecified atom stereocenters. The first-order chi connectivity index (χ1) is 12.7. The Labute approximate surface area is 154 Å². The zero-order chi connectivity index (χ0) is 17.9. The molecule has 0 fully saturated rings. The van der Waals surface area contributed by atoms with Gasteiger partial charge < -0.3 is 5.32 Å². The molecule has 1 aromatic heterocycles. The summed E-state index contributed by atoms with van der Waals surface area (Å²) in [4.78, 5) is 16.3. The highest BCUT2D eigenvalue weighted by Gasteiger charge is 2.33. The van der Waals surface area contributed by atoms with E-state index in [-0.39, 0.29) is 16.9 Å². The van der Waals surface area contributed by atoms with Gasteiger partial charge in [-0.15, -0.1) is 0 Å². The molecule has 1 amide bonds. The van der Waals surface area contributed by atoms with Gasteiger partial charge in [-0.1, -0.05) is 54.6 Å². The monoisotopic (exact) mass is 362 g/mol. The molecule has 1 aliphatic rings. The number of carbonyl (C=O) groups is 1. The van der Waals surface area contributed by atoms with Crippen molar-refractivity contribution < 1.29 is 9.00 Å². The van der Waals surface area contributed by atoms with Crippen molar-refractivity contribution in [2.24, 2.45) is 0 Å². The molecule has 0 bridgehead atoms. The number of fused-ring (bicyclic) bond motifs is 3. The minimum atomic E-state index is -1.33. The van der Waals surface area contributed by atoms with E-state index in [1.807, 2.05) is 60.7 Å². The number of nitrogens with one attached hydrogen (secondary N) is 1. The Balaban J connectivity index is 1.50. The van der Waals surface area contributed by atoms with Crippen LogP contribution in [0.2, 0.25) is 0 Å². The summed E-state index contributed by atoms with van der Waals surface area (Å²) in [7, 11) is -1.33. The second-order valence-corrected chi connectivity index (χ2v) is 7.74. The lowest BCUT2D eigenvalue weighted by molar-refractivity contribution is -0.118. The normalized spacial score (nSPS) is 13.7. The standard InChI is InChI=1S/C21H18N2O2S/c24-20(23-13-15-6-5-11-22-12-15)14-26(25)21-18-9-3-1-7-16(18)17-8-2-4-10-19(17)21/h1-12,21H,13-14H2,(H,23,24). The third-order valence-corrected chi connectivity index (χ3v) is 6.11. The molecular weight excluding hydrogens is 344 g/mol. The summed E-state index contributed by atoms with van der Waals surface area (Å²) >= 11 is 0. The molecule has 1 aliphatic carbocycles. The van der Waals surface area contributed by atoms with Crippen LogP contribution in [0.1, 0.15) is 21.9 Å². The van der Waals surface area contributed by atoms with E-state index >= 15 is 0 Å². The second-order valence-electron chi connectivity index (χ2n) is 6.22. The molecule has 0 saturated carbocycles. The fourth-order valence-electron chi connectivity index (χ4n) is 3.36. The maximum absolute atomic E-state index is 13.0. The first kappa shape index (κ1) is 16.7. The number of amides is 1. The Morgan fingerprint density at radius 3 is 2.23 bits per heavy atom. The molecule has 1 heterocycles. The first-order valence-electron chi connectivity index (χ1n) is 8.45. The van der Waals surface area contributed by atoms with Crippen molar-refractivity contribution in [1.82, 2.24) is 10.3 Å². The Bertz CT molecular complexity index is 927. The van der Waals surface area contributed by atoms with E-state index in [1.54, 1.807) is 12.4 Å². The van der Waals surface area contributed by atoms with Crippen molar-refractivity contribution in [2.45, 2.75) is 11.8 Å². The molecule has 4 nitrogen and oxygen atoms in total. The van der Waals surface area contributed by atoms with E-state index < -0.39 is 10.8 Å².